The quantitative estimate of drug-likeness (QED) is 0.627. The van der Waals surface area contributed by atoms with E-state index in [2.05, 4.69) is 10.3 Å². The lowest BCUT2D eigenvalue weighted by molar-refractivity contribution is 0.102. The van der Waals surface area contributed by atoms with Gasteiger partial charge in [0.05, 0.1) is 5.56 Å². The Kier molecular flexibility index (Phi) is 3.31. The minimum absolute atomic E-state index is 0.189. The number of nitrogens with two attached hydrogens (primary N) is 1. The van der Waals surface area contributed by atoms with Gasteiger partial charge in [0.1, 0.15) is 0 Å². The molecule has 0 aliphatic rings. The summed E-state index contributed by atoms with van der Waals surface area (Å²) in [5.74, 6) is -0.189. The van der Waals surface area contributed by atoms with Crippen LogP contribution in [-0.4, -0.2) is 10.9 Å². The number of amides is 1. The predicted molar refractivity (Wildman–Crippen MR) is 86.9 cm³/mol. The zero-order valence-electron chi connectivity index (χ0n) is 11.4. The van der Waals surface area contributed by atoms with E-state index in [1.54, 1.807) is 24.4 Å². The number of anilines is 2. The first-order valence-corrected chi connectivity index (χ1v) is 6.86. The lowest BCUT2D eigenvalue weighted by atomic mass is 10.1. The van der Waals surface area contributed by atoms with E-state index in [1.165, 1.54) is 0 Å². The molecule has 4 nitrogen and oxygen atoms in total. The van der Waals surface area contributed by atoms with E-state index >= 15 is 0 Å². The lowest BCUT2D eigenvalue weighted by Gasteiger charge is -2.06. The number of halogens is 1. The Hall–Kier alpha value is -2.46. The number of nitrogen functional groups attached to an aromatic ring is 1. The molecule has 0 saturated carbocycles. The monoisotopic (exact) mass is 299 g/mol. The number of aromatic amines is 1. The van der Waals surface area contributed by atoms with Crippen molar-refractivity contribution >= 4 is 39.8 Å². The summed E-state index contributed by atoms with van der Waals surface area (Å²) < 4.78 is 0. The van der Waals surface area contributed by atoms with Crippen LogP contribution in [0.4, 0.5) is 11.4 Å². The van der Waals surface area contributed by atoms with Gasteiger partial charge in [-0.2, -0.15) is 0 Å². The van der Waals surface area contributed by atoms with Crippen molar-refractivity contribution in [3.63, 3.8) is 0 Å². The fourth-order valence-corrected chi connectivity index (χ4v) is 2.38. The minimum Gasteiger partial charge on any atom is -0.399 e. The summed E-state index contributed by atoms with van der Waals surface area (Å²) in [5.41, 5.74) is 9.43. The van der Waals surface area contributed by atoms with Gasteiger partial charge in [0.15, 0.2) is 0 Å². The zero-order chi connectivity index (χ0) is 15.0. The highest BCUT2D eigenvalue weighted by molar-refractivity contribution is 6.31. The van der Waals surface area contributed by atoms with E-state index in [1.807, 2.05) is 25.1 Å². The van der Waals surface area contributed by atoms with Gasteiger partial charge in [-0.1, -0.05) is 17.7 Å². The fraction of sp³-hybridized carbons (Fsp3) is 0.0625. The molecular weight excluding hydrogens is 286 g/mol. The Bertz CT molecular complexity index is 839. The summed E-state index contributed by atoms with van der Waals surface area (Å²) in [6, 6.07) is 10.8. The van der Waals surface area contributed by atoms with Crippen molar-refractivity contribution in [2.75, 3.05) is 11.1 Å². The number of carbonyl (C=O) groups is 1. The smallest absolute Gasteiger partial charge is 0.257 e. The van der Waals surface area contributed by atoms with Crippen molar-refractivity contribution in [3.8, 4) is 0 Å². The molecule has 0 fully saturated rings. The highest BCUT2D eigenvalue weighted by Crippen LogP contribution is 2.23. The molecule has 0 bridgehead atoms. The Morgan fingerprint density at radius 1 is 1.24 bits per heavy atom. The third-order valence-electron chi connectivity index (χ3n) is 3.38. The summed E-state index contributed by atoms with van der Waals surface area (Å²) >= 11 is 6.06. The number of aryl methyl sites for hydroxylation is 1. The van der Waals surface area contributed by atoms with Crippen molar-refractivity contribution in [1.82, 2.24) is 4.98 Å². The van der Waals surface area contributed by atoms with Gasteiger partial charge in [0, 0.05) is 33.5 Å². The van der Waals surface area contributed by atoms with Gasteiger partial charge in [0.25, 0.3) is 5.91 Å². The maximum Gasteiger partial charge on any atom is 0.257 e. The second-order valence-corrected chi connectivity index (χ2v) is 5.33. The molecule has 106 valence electrons. The Balaban J connectivity index is 1.91. The number of hydrogen-bond donors (Lipinski definition) is 3. The largest absolute Gasteiger partial charge is 0.399 e. The highest BCUT2D eigenvalue weighted by atomic mass is 35.5. The van der Waals surface area contributed by atoms with Gasteiger partial charge in [-0.25, -0.2) is 0 Å². The van der Waals surface area contributed by atoms with Crippen molar-refractivity contribution in [2.24, 2.45) is 0 Å². The van der Waals surface area contributed by atoms with Crippen LogP contribution in [0.5, 0.6) is 0 Å². The molecule has 0 aliphatic carbocycles. The fourth-order valence-electron chi connectivity index (χ4n) is 2.20. The topological polar surface area (TPSA) is 70.9 Å². The first-order chi connectivity index (χ1) is 10.0. The lowest BCUT2D eigenvalue weighted by Crippen LogP contribution is -2.11. The van der Waals surface area contributed by atoms with Crippen LogP contribution in [-0.2, 0) is 0 Å². The summed E-state index contributed by atoms with van der Waals surface area (Å²) in [7, 11) is 0. The number of fused-ring (bicyclic) bond motifs is 1. The summed E-state index contributed by atoms with van der Waals surface area (Å²) in [6.45, 7) is 1.91. The van der Waals surface area contributed by atoms with E-state index < -0.39 is 0 Å². The second-order valence-electron chi connectivity index (χ2n) is 4.93. The summed E-state index contributed by atoms with van der Waals surface area (Å²) in [5, 5.41) is 4.30. The van der Waals surface area contributed by atoms with Gasteiger partial charge in [0.2, 0.25) is 0 Å². The summed E-state index contributed by atoms with van der Waals surface area (Å²) in [6.07, 6.45) is 1.68. The maximum absolute atomic E-state index is 12.4. The first kappa shape index (κ1) is 13.5. The number of carbonyl (C=O) groups excluding carboxylic acids is 1. The van der Waals surface area contributed by atoms with E-state index in [0.717, 1.165) is 16.5 Å². The molecule has 0 atom stereocenters. The average molecular weight is 300 g/mol. The van der Waals surface area contributed by atoms with Gasteiger partial charge in [-0.15, -0.1) is 0 Å². The third kappa shape index (κ3) is 2.58. The number of hydrogen-bond acceptors (Lipinski definition) is 2. The molecule has 3 aromatic rings. The third-order valence-corrected chi connectivity index (χ3v) is 3.79. The normalized spacial score (nSPS) is 10.8. The number of benzene rings is 2. The maximum atomic E-state index is 12.4. The Morgan fingerprint density at radius 2 is 2.05 bits per heavy atom. The molecule has 1 aromatic heterocycles. The number of nitrogens with one attached hydrogen (secondary N) is 2. The van der Waals surface area contributed by atoms with Gasteiger partial charge < -0.3 is 16.0 Å². The van der Waals surface area contributed by atoms with Crippen LogP contribution < -0.4 is 11.1 Å². The molecule has 1 heterocycles. The molecule has 0 radical (unpaired) electrons. The molecule has 3 rings (SSSR count). The predicted octanol–water partition coefficient (Wildman–Crippen LogP) is 3.96. The van der Waals surface area contributed by atoms with Gasteiger partial charge >= 0.3 is 0 Å². The highest BCUT2D eigenvalue weighted by Gasteiger charge is 2.12. The van der Waals surface area contributed by atoms with E-state index in [-0.39, 0.29) is 5.91 Å². The van der Waals surface area contributed by atoms with Crippen LogP contribution in [0, 0.1) is 6.92 Å². The summed E-state index contributed by atoms with van der Waals surface area (Å²) in [4.78, 5) is 15.4. The van der Waals surface area contributed by atoms with E-state index in [4.69, 9.17) is 17.3 Å². The molecule has 0 unspecified atom stereocenters. The van der Waals surface area contributed by atoms with Crippen LogP contribution in [0.2, 0.25) is 5.02 Å². The number of rotatable bonds is 2. The van der Waals surface area contributed by atoms with E-state index in [0.29, 0.717) is 22.0 Å². The minimum atomic E-state index is -0.189. The first-order valence-electron chi connectivity index (χ1n) is 6.49. The number of H-pyrrole nitrogens is 1. The van der Waals surface area contributed by atoms with Crippen LogP contribution >= 0.6 is 11.6 Å². The van der Waals surface area contributed by atoms with Crippen molar-refractivity contribution in [1.29, 1.82) is 0 Å². The van der Waals surface area contributed by atoms with Crippen LogP contribution in [0.1, 0.15) is 15.9 Å². The van der Waals surface area contributed by atoms with Gasteiger partial charge in [-0.3, -0.25) is 4.79 Å². The second kappa shape index (κ2) is 5.14. The molecule has 4 N–H and O–H groups in total. The Morgan fingerprint density at radius 3 is 2.81 bits per heavy atom. The zero-order valence-corrected chi connectivity index (χ0v) is 12.2. The molecule has 0 saturated heterocycles. The molecule has 0 spiro atoms. The van der Waals surface area contributed by atoms with E-state index in [9.17, 15) is 4.79 Å². The average Bonchev–Trinajstić information content (AvgIpc) is 2.85. The molecule has 21 heavy (non-hydrogen) atoms. The molecule has 1 amide bonds. The van der Waals surface area contributed by atoms with Crippen LogP contribution in [0.3, 0.4) is 0 Å². The van der Waals surface area contributed by atoms with Gasteiger partial charge in [-0.05, 0) is 42.8 Å². The molecule has 2 aromatic carbocycles. The standard InChI is InChI=1S/C16H14ClN3O/c1-9-2-4-11(7-14(9)17)20-16(21)13-8-19-15-6-10(18)3-5-12(13)15/h2-8,19H,18H2,1H3,(H,20,21). The molecular formula is C16H14ClN3O. The number of aromatic nitrogens is 1. The van der Waals surface area contributed by atoms with Crippen molar-refractivity contribution in [3.05, 3.63) is 58.7 Å². The van der Waals surface area contributed by atoms with Crippen molar-refractivity contribution in [2.45, 2.75) is 6.92 Å². The molecule has 0 aliphatic heterocycles. The van der Waals surface area contributed by atoms with Crippen LogP contribution in [0.15, 0.2) is 42.6 Å². The molecule has 5 heteroatoms. The van der Waals surface area contributed by atoms with Crippen molar-refractivity contribution < 1.29 is 4.79 Å². The van der Waals surface area contributed by atoms with Crippen LogP contribution in [0.25, 0.3) is 10.9 Å². The Labute approximate surface area is 126 Å². The SMILES string of the molecule is Cc1ccc(NC(=O)c2c[nH]c3cc(N)ccc23)cc1Cl.